The molecule has 2 amide bonds. The van der Waals surface area contributed by atoms with Crippen molar-refractivity contribution in [2.75, 3.05) is 25.5 Å². The van der Waals surface area contributed by atoms with Crippen LogP contribution in [0.1, 0.15) is 23.2 Å². The van der Waals surface area contributed by atoms with Gasteiger partial charge in [0, 0.05) is 24.2 Å². The monoisotopic (exact) mass is 261 g/mol. The molecule has 19 heavy (non-hydrogen) atoms. The van der Waals surface area contributed by atoms with Gasteiger partial charge >= 0.3 is 0 Å². The van der Waals surface area contributed by atoms with Crippen LogP contribution in [0.5, 0.6) is 0 Å². The Morgan fingerprint density at radius 1 is 1.26 bits per heavy atom. The summed E-state index contributed by atoms with van der Waals surface area (Å²) in [6.45, 7) is 1.77. The lowest BCUT2D eigenvalue weighted by Gasteiger charge is -2.21. The van der Waals surface area contributed by atoms with Gasteiger partial charge in [-0.1, -0.05) is 6.07 Å². The smallest absolute Gasteiger partial charge is 0.251 e. The lowest BCUT2D eigenvalue weighted by atomic mass is 9.97. The molecule has 1 aliphatic rings. The first-order valence-electron chi connectivity index (χ1n) is 6.54. The molecule has 1 heterocycles. The Balaban J connectivity index is 2.02. The third kappa shape index (κ3) is 3.54. The fraction of sp³-hybridized carbons (Fsp3) is 0.429. The van der Waals surface area contributed by atoms with E-state index in [1.165, 1.54) is 0 Å². The molecule has 2 rings (SSSR count). The second-order valence-corrected chi connectivity index (χ2v) is 4.67. The van der Waals surface area contributed by atoms with Crippen LogP contribution < -0.4 is 16.0 Å². The second kappa shape index (κ2) is 6.33. The Labute approximate surface area is 112 Å². The molecule has 0 aliphatic carbocycles. The summed E-state index contributed by atoms with van der Waals surface area (Å²) in [6.07, 6.45) is 1.72. The third-order valence-corrected chi connectivity index (χ3v) is 3.33. The van der Waals surface area contributed by atoms with E-state index >= 15 is 0 Å². The minimum atomic E-state index is -0.155. The third-order valence-electron chi connectivity index (χ3n) is 3.33. The molecule has 0 atom stereocenters. The summed E-state index contributed by atoms with van der Waals surface area (Å²) < 4.78 is 0. The SMILES string of the molecule is CNC(=O)c1cccc(NC(=O)C2CCNCC2)c1. The molecular weight excluding hydrogens is 242 g/mol. The quantitative estimate of drug-likeness (QED) is 0.759. The summed E-state index contributed by atoms with van der Waals surface area (Å²) in [5.41, 5.74) is 1.22. The van der Waals surface area contributed by atoms with Crippen LogP contribution in [0.25, 0.3) is 0 Å². The predicted octanol–water partition coefficient (Wildman–Crippen LogP) is 0.984. The molecule has 1 aromatic rings. The summed E-state index contributed by atoms with van der Waals surface area (Å²) in [5.74, 6) is -0.0570. The van der Waals surface area contributed by atoms with Crippen LogP contribution in [-0.4, -0.2) is 32.0 Å². The van der Waals surface area contributed by atoms with Gasteiger partial charge < -0.3 is 16.0 Å². The molecular formula is C14H19N3O2. The Morgan fingerprint density at radius 3 is 2.68 bits per heavy atom. The molecule has 0 spiro atoms. The Bertz CT molecular complexity index is 468. The van der Waals surface area contributed by atoms with Crippen molar-refractivity contribution in [3.63, 3.8) is 0 Å². The molecule has 1 fully saturated rings. The largest absolute Gasteiger partial charge is 0.355 e. The molecule has 0 unspecified atom stereocenters. The van der Waals surface area contributed by atoms with Gasteiger partial charge in [0.15, 0.2) is 0 Å². The van der Waals surface area contributed by atoms with Crippen molar-refractivity contribution in [2.45, 2.75) is 12.8 Å². The summed E-state index contributed by atoms with van der Waals surface area (Å²) in [4.78, 5) is 23.6. The van der Waals surface area contributed by atoms with Crippen LogP contribution in [0.15, 0.2) is 24.3 Å². The zero-order valence-corrected chi connectivity index (χ0v) is 11.0. The number of carbonyl (C=O) groups is 2. The summed E-state index contributed by atoms with van der Waals surface area (Å²) >= 11 is 0. The van der Waals surface area contributed by atoms with Crippen molar-refractivity contribution < 1.29 is 9.59 Å². The van der Waals surface area contributed by atoms with Crippen molar-refractivity contribution in [2.24, 2.45) is 5.92 Å². The summed E-state index contributed by atoms with van der Waals surface area (Å²) in [6, 6.07) is 6.98. The zero-order chi connectivity index (χ0) is 13.7. The highest BCUT2D eigenvalue weighted by molar-refractivity contribution is 5.97. The Kier molecular flexibility index (Phi) is 4.52. The molecule has 102 valence electrons. The van der Waals surface area contributed by atoms with Crippen LogP contribution in [-0.2, 0) is 4.79 Å². The van der Waals surface area contributed by atoms with Crippen LogP contribution in [0.3, 0.4) is 0 Å². The summed E-state index contributed by atoms with van der Waals surface area (Å²) in [5, 5.41) is 8.68. The first kappa shape index (κ1) is 13.5. The first-order valence-corrected chi connectivity index (χ1v) is 6.54. The molecule has 0 saturated carbocycles. The number of piperidine rings is 1. The summed E-state index contributed by atoms with van der Waals surface area (Å²) in [7, 11) is 1.59. The number of nitrogens with one attached hydrogen (secondary N) is 3. The van der Waals surface area contributed by atoms with E-state index in [9.17, 15) is 9.59 Å². The van der Waals surface area contributed by atoms with Crippen molar-refractivity contribution in [3.05, 3.63) is 29.8 Å². The van der Waals surface area contributed by atoms with Gasteiger partial charge in [-0.15, -0.1) is 0 Å². The van der Waals surface area contributed by atoms with Gasteiger partial charge in [0.05, 0.1) is 0 Å². The Morgan fingerprint density at radius 2 is 2.00 bits per heavy atom. The Hall–Kier alpha value is -1.88. The zero-order valence-electron chi connectivity index (χ0n) is 11.0. The average molecular weight is 261 g/mol. The molecule has 1 saturated heterocycles. The van der Waals surface area contributed by atoms with Crippen LogP contribution in [0.4, 0.5) is 5.69 Å². The van der Waals surface area contributed by atoms with Gasteiger partial charge in [-0.05, 0) is 44.1 Å². The van der Waals surface area contributed by atoms with Crippen molar-refractivity contribution in [1.82, 2.24) is 10.6 Å². The number of anilines is 1. The molecule has 0 aromatic heterocycles. The maximum atomic E-state index is 12.1. The molecule has 1 aliphatic heterocycles. The van der Waals surface area contributed by atoms with Crippen molar-refractivity contribution >= 4 is 17.5 Å². The number of hydrogen-bond acceptors (Lipinski definition) is 3. The first-order chi connectivity index (χ1) is 9.20. The second-order valence-electron chi connectivity index (χ2n) is 4.67. The van der Waals surface area contributed by atoms with Gasteiger partial charge in [-0.2, -0.15) is 0 Å². The molecule has 0 radical (unpaired) electrons. The van der Waals surface area contributed by atoms with E-state index in [2.05, 4.69) is 16.0 Å². The van der Waals surface area contributed by atoms with E-state index in [0.717, 1.165) is 25.9 Å². The van der Waals surface area contributed by atoms with Gasteiger partial charge in [0.25, 0.3) is 5.91 Å². The number of hydrogen-bond donors (Lipinski definition) is 3. The number of benzene rings is 1. The molecule has 0 bridgehead atoms. The highest BCUT2D eigenvalue weighted by Gasteiger charge is 2.20. The van der Waals surface area contributed by atoms with Crippen LogP contribution in [0.2, 0.25) is 0 Å². The highest BCUT2D eigenvalue weighted by Crippen LogP contribution is 2.16. The van der Waals surface area contributed by atoms with Gasteiger partial charge in [0.1, 0.15) is 0 Å². The molecule has 3 N–H and O–H groups in total. The lowest BCUT2D eigenvalue weighted by Crippen LogP contribution is -2.34. The number of rotatable bonds is 3. The van der Waals surface area contributed by atoms with Crippen LogP contribution in [0, 0.1) is 5.92 Å². The molecule has 1 aromatic carbocycles. The number of amides is 2. The average Bonchev–Trinajstić information content (AvgIpc) is 2.47. The minimum absolute atomic E-state index is 0.0376. The van der Waals surface area contributed by atoms with E-state index in [1.807, 2.05) is 0 Å². The molecule has 5 heteroatoms. The maximum absolute atomic E-state index is 12.1. The number of carbonyl (C=O) groups excluding carboxylic acids is 2. The van der Waals surface area contributed by atoms with E-state index < -0.39 is 0 Å². The topological polar surface area (TPSA) is 70.2 Å². The van der Waals surface area contributed by atoms with Gasteiger partial charge in [-0.25, -0.2) is 0 Å². The van der Waals surface area contributed by atoms with Crippen molar-refractivity contribution in [1.29, 1.82) is 0 Å². The highest BCUT2D eigenvalue weighted by atomic mass is 16.2. The van der Waals surface area contributed by atoms with E-state index in [0.29, 0.717) is 11.3 Å². The fourth-order valence-corrected chi connectivity index (χ4v) is 2.21. The fourth-order valence-electron chi connectivity index (χ4n) is 2.21. The minimum Gasteiger partial charge on any atom is -0.355 e. The van der Waals surface area contributed by atoms with Crippen molar-refractivity contribution in [3.8, 4) is 0 Å². The lowest BCUT2D eigenvalue weighted by molar-refractivity contribution is -0.120. The van der Waals surface area contributed by atoms with E-state index in [1.54, 1.807) is 31.3 Å². The standard InChI is InChI=1S/C14H19N3O2/c1-15-13(18)11-3-2-4-12(9-11)17-14(19)10-5-7-16-8-6-10/h2-4,9-10,16H,5-8H2,1H3,(H,15,18)(H,17,19). The van der Waals surface area contributed by atoms with E-state index in [-0.39, 0.29) is 17.7 Å². The van der Waals surface area contributed by atoms with Gasteiger partial charge in [0.2, 0.25) is 5.91 Å². The normalized spacial score (nSPS) is 15.8. The van der Waals surface area contributed by atoms with E-state index in [4.69, 9.17) is 0 Å². The molecule has 5 nitrogen and oxygen atoms in total. The predicted molar refractivity (Wildman–Crippen MR) is 74.1 cm³/mol. The maximum Gasteiger partial charge on any atom is 0.251 e. The van der Waals surface area contributed by atoms with Gasteiger partial charge in [-0.3, -0.25) is 9.59 Å². The van der Waals surface area contributed by atoms with Crippen LogP contribution >= 0.6 is 0 Å².